The molecule has 186 valence electrons. The van der Waals surface area contributed by atoms with Crippen LogP contribution in [-0.2, 0) is 23.9 Å². The van der Waals surface area contributed by atoms with Crippen molar-refractivity contribution >= 4 is 17.7 Å². The third-order valence-electron chi connectivity index (χ3n) is 6.17. The number of Topliss-reactive ketones (excluding diaryl/α,β-unsaturated/α-hetero) is 1. The molecule has 0 amide bonds. The van der Waals surface area contributed by atoms with Gasteiger partial charge in [0.25, 0.3) is 0 Å². The minimum Gasteiger partial charge on any atom is -0.465 e. The SMILES string of the molecule is CCCCCCCCOC(=O)CN(CC(=O)OCCCCCCCC)CC(=O)C1CCC1. The summed E-state index contributed by atoms with van der Waals surface area (Å²) in [5.74, 6) is -0.549. The van der Waals surface area contributed by atoms with Crippen LogP contribution in [0.25, 0.3) is 0 Å². The number of carbonyl (C=O) groups is 3. The lowest BCUT2D eigenvalue weighted by Crippen LogP contribution is -2.42. The molecule has 0 aliphatic heterocycles. The average Bonchev–Trinajstić information content (AvgIpc) is 2.71. The molecule has 1 aliphatic carbocycles. The molecule has 1 aliphatic rings. The van der Waals surface area contributed by atoms with Crippen LogP contribution in [0.15, 0.2) is 0 Å². The molecule has 0 atom stereocenters. The monoisotopic (exact) mass is 453 g/mol. The lowest BCUT2D eigenvalue weighted by atomic mass is 9.82. The second kappa shape index (κ2) is 19.1. The van der Waals surface area contributed by atoms with Gasteiger partial charge in [0.15, 0.2) is 0 Å². The Labute approximate surface area is 195 Å². The molecule has 1 saturated carbocycles. The second-order valence-electron chi connectivity index (χ2n) is 9.22. The quantitative estimate of drug-likeness (QED) is 0.170. The third kappa shape index (κ3) is 14.6. The summed E-state index contributed by atoms with van der Waals surface area (Å²) >= 11 is 0. The Bertz CT molecular complexity index is 486. The molecule has 1 fully saturated rings. The van der Waals surface area contributed by atoms with Gasteiger partial charge in [0.1, 0.15) is 5.78 Å². The van der Waals surface area contributed by atoms with E-state index >= 15 is 0 Å². The van der Waals surface area contributed by atoms with E-state index < -0.39 is 0 Å². The van der Waals surface area contributed by atoms with Crippen molar-refractivity contribution in [2.45, 2.75) is 110 Å². The van der Waals surface area contributed by atoms with Crippen LogP contribution in [0.2, 0.25) is 0 Å². The van der Waals surface area contributed by atoms with Crippen LogP contribution in [0.5, 0.6) is 0 Å². The average molecular weight is 454 g/mol. The predicted octanol–water partition coefficient (Wildman–Crippen LogP) is 5.47. The van der Waals surface area contributed by atoms with Crippen molar-refractivity contribution in [1.82, 2.24) is 4.90 Å². The highest BCUT2D eigenvalue weighted by Gasteiger charge is 2.28. The molecular formula is C26H47NO5. The van der Waals surface area contributed by atoms with E-state index in [4.69, 9.17) is 9.47 Å². The maximum Gasteiger partial charge on any atom is 0.320 e. The minimum absolute atomic E-state index is 0.0413. The van der Waals surface area contributed by atoms with E-state index in [1.807, 2.05) is 0 Å². The Morgan fingerprint density at radius 2 is 1.09 bits per heavy atom. The van der Waals surface area contributed by atoms with Gasteiger partial charge >= 0.3 is 11.9 Å². The highest BCUT2D eigenvalue weighted by atomic mass is 16.5. The maximum absolute atomic E-state index is 12.4. The van der Waals surface area contributed by atoms with Crippen LogP contribution in [-0.4, -0.2) is 55.5 Å². The van der Waals surface area contributed by atoms with Crippen molar-refractivity contribution in [3.05, 3.63) is 0 Å². The van der Waals surface area contributed by atoms with Crippen molar-refractivity contribution < 1.29 is 23.9 Å². The molecule has 0 N–H and O–H groups in total. The summed E-state index contributed by atoms with van der Waals surface area (Å²) in [4.78, 5) is 38.5. The van der Waals surface area contributed by atoms with Crippen molar-refractivity contribution in [3.8, 4) is 0 Å². The molecule has 0 saturated heterocycles. The van der Waals surface area contributed by atoms with E-state index in [-0.39, 0.29) is 43.3 Å². The zero-order valence-corrected chi connectivity index (χ0v) is 20.7. The van der Waals surface area contributed by atoms with Gasteiger partial charge < -0.3 is 9.47 Å². The topological polar surface area (TPSA) is 72.9 Å². The Morgan fingerprint density at radius 3 is 1.50 bits per heavy atom. The fourth-order valence-corrected chi connectivity index (χ4v) is 3.84. The Morgan fingerprint density at radius 1 is 0.656 bits per heavy atom. The van der Waals surface area contributed by atoms with Gasteiger partial charge in [-0.2, -0.15) is 0 Å². The summed E-state index contributed by atoms with van der Waals surface area (Å²) in [5.41, 5.74) is 0. The van der Waals surface area contributed by atoms with Gasteiger partial charge in [0.2, 0.25) is 0 Å². The standard InChI is InChI=1S/C26H47NO5/c1-3-5-7-9-11-13-18-31-25(29)21-27(20-24(28)23-16-15-17-23)22-26(30)32-19-14-12-10-8-6-4-2/h23H,3-22H2,1-2H3. The highest BCUT2D eigenvalue weighted by Crippen LogP contribution is 2.27. The molecule has 0 aromatic carbocycles. The van der Waals surface area contributed by atoms with Gasteiger partial charge in [-0.3, -0.25) is 19.3 Å². The first-order valence-corrected chi connectivity index (χ1v) is 13.1. The van der Waals surface area contributed by atoms with Crippen LogP contribution < -0.4 is 0 Å². The molecule has 0 aromatic rings. The van der Waals surface area contributed by atoms with E-state index in [0.29, 0.717) is 13.2 Å². The van der Waals surface area contributed by atoms with Gasteiger partial charge in [0.05, 0.1) is 32.8 Å². The normalized spacial score (nSPS) is 13.7. The zero-order valence-electron chi connectivity index (χ0n) is 20.7. The van der Waals surface area contributed by atoms with Crippen molar-refractivity contribution in [2.24, 2.45) is 5.92 Å². The van der Waals surface area contributed by atoms with E-state index in [9.17, 15) is 14.4 Å². The second-order valence-corrected chi connectivity index (χ2v) is 9.22. The first-order chi connectivity index (χ1) is 15.6. The van der Waals surface area contributed by atoms with Gasteiger partial charge in [-0.15, -0.1) is 0 Å². The molecule has 1 rings (SSSR count). The van der Waals surface area contributed by atoms with Crippen molar-refractivity contribution in [3.63, 3.8) is 0 Å². The number of carbonyl (C=O) groups excluding carboxylic acids is 3. The fourth-order valence-electron chi connectivity index (χ4n) is 3.84. The van der Waals surface area contributed by atoms with Gasteiger partial charge in [-0.1, -0.05) is 84.5 Å². The van der Waals surface area contributed by atoms with E-state index in [0.717, 1.165) is 57.8 Å². The molecule has 6 heteroatoms. The molecule has 0 aromatic heterocycles. The van der Waals surface area contributed by atoms with E-state index in [2.05, 4.69) is 13.8 Å². The van der Waals surface area contributed by atoms with Crippen LogP contribution in [0.1, 0.15) is 110 Å². The zero-order chi connectivity index (χ0) is 23.4. The third-order valence-corrected chi connectivity index (χ3v) is 6.17. The minimum atomic E-state index is -0.372. The Kier molecular flexibility index (Phi) is 17.1. The summed E-state index contributed by atoms with van der Waals surface area (Å²) in [5, 5.41) is 0. The number of ether oxygens (including phenoxy) is 2. The lowest BCUT2D eigenvalue weighted by Gasteiger charge is -2.27. The fraction of sp³-hybridized carbons (Fsp3) is 0.885. The van der Waals surface area contributed by atoms with E-state index in [1.165, 1.54) is 38.5 Å². The van der Waals surface area contributed by atoms with Crippen LogP contribution in [0.3, 0.4) is 0 Å². The van der Waals surface area contributed by atoms with Crippen LogP contribution in [0.4, 0.5) is 0 Å². The largest absolute Gasteiger partial charge is 0.465 e. The summed E-state index contributed by atoms with van der Waals surface area (Å²) in [7, 11) is 0. The lowest BCUT2D eigenvalue weighted by molar-refractivity contribution is -0.149. The maximum atomic E-state index is 12.4. The molecule has 32 heavy (non-hydrogen) atoms. The molecule has 0 unspecified atom stereocenters. The van der Waals surface area contributed by atoms with Crippen LogP contribution >= 0.6 is 0 Å². The Balaban J connectivity index is 2.31. The first kappa shape index (κ1) is 28.6. The molecule has 0 radical (unpaired) electrons. The molecule has 0 bridgehead atoms. The van der Waals surface area contributed by atoms with Crippen molar-refractivity contribution in [1.29, 1.82) is 0 Å². The van der Waals surface area contributed by atoms with Gasteiger partial charge in [-0.25, -0.2) is 0 Å². The van der Waals surface area contributed by atoms with Crippen molar-refractivity contribution in [2.75, 3.05) is 32.8 Å². The van der Waals surface area contributed by atoms with Crippen LogP contribution in [0, 0.1) is 5.92 Å². The predicted molar refractivity (Wildman–Crippen MR) is 127 cm³/mol. The molecular weight excluding hydrogens is 406 g/mol. The number of unbranched alkanes of at least 4 members (excludes halogenated alkanes) is 10. The van der Waals surface area contributed by atoms with E-state index in [1.54, 1.807) is 4.90 Å². The van der Waals surface area contributed by atoms with Gasteiger partial charge in [-0.05, 0) is 25.7 Å². The number of hydrogen-bond donors (Lipinski definition) is 0. The summed E-state index contributed by atoms with van der Waals surface area (Å²) < 4.78 is 10.7. The number of esters is 2. The number of hydrogen-bond acceptors (Lipinski definition) is 6. The summed E-state index contributed by atoms with van der Waals surface area (Å²) in [6.45, 7) is 5.21. The molecule has 0 spiro atoms. The first-order valence-electron chi connectivity index (χ1n) is 13.1. The van der Waals surface area contributed by atoms with Gasteiger partial charge in [0, 0.05) is 5.92 Å². The number of ketones is 1. The summed E-state index contributed by atoms with van der Waals surface area (Å²) in [6, 6.07) is 0. The number of nitrogens with zero attached hydrogens (tertiary/aromatic N) is 1. The molecule has 0 heterocycles. The Hall–Kier alpha value is -1.43. The smallest absolute Gasteiger partial charge is 0.320 e. The highest BCUT2D eigenvalue weighted by molar-refractivity contribution is 5.85. The summed E-state index contributed by atoms with van der Waals surface area (Å²) in [6.07, 6.45) is 16.4. The molecule has 6 nitrogen and oxygen atoms in total. The number of rotatable bonds is 21.